The van der Waals surface area contributed by atoms with Crippen LogP contribution >= 0.6 is 11.8 Å². The van der Waals surface area contributed by atoms with Crippen LogP contribution in [0.5, 0.6) is 11.5 Å². The van der Waals surface area contributed by atoms with Crippen LogP contribution in [0.4, 0.5) is 5.69 Å². The van der Waals surface area contributed by atoms with E-state index in [9.17, 15) is 4.79 Å². The van der Waals surface area contributed by atoms with Crippen molar-refractivity contribution in [1.29, 1.82) is 0 Å². The summed E-state index contributed by atoms with van der Waals surface area (Å²) in [6.07, 6.45) is 1.46. The molecule has 0 saturated carbocycles. The van der Waals surface area contributed by atoms with Crippen molar-refractivity contribution in [3.63, 3.8) is 0 Å². The molecule has 0 spiro atoms. The lowest BCUT2D eigenvalue weighted by molar-refractivity contribution is -0.113. The third kappa shape index (κ3) is 4.02. The molecule has 2 aromatic heterocycles. The summed E-state index contributed by atoms with van der Waals surface area (Å²) in [5, 5.41) is 11.9. The summed E-state index contributed by atoms with van der Waals surface area (Å²) in [5.41, 5.74) is 3.81. The van der Waals surface area contributed by atoms with Crippen molar-refractivity contribution in [2.24, 2.45) is 0 Å². The molecule has 1 amide bonds. The number of fused-ring (bicyclic) bond motifs is 2. The van der Waals surface area contributed by atoms with Crippen molar-refractivity contribution in [3.05, 3.63) is 54.4 Å². The van der Waals surface area contributed by atoms with Gasteiger partial charge in [0.25, 0.3) is 0 Å². The highest BCUT2D eigenvalue weighted by Crippen LogP contribution is 2.32. The van der Waals surface area contributed by atoms with Crippen LogP contribution in [0.3, 0.4) is 0 Å². The van der Waals surface area contributed by atoms with Gasteiger partial charge < -0.3 is 14.8 Å². The van der Waals surface area contributed by atoms with E-state index in [2.05, 4.69) is 25.6 Å². The van der Waals surface area contributed by atoms with Gasteiger partial charge in [-0.2, -0.15) is 4.68 Å². The topological polar surface area (TPSA) is 104 Å². The number of thioether (sulfide) groups is 1. The fraction of sp³-hybridized carbons (Fsp3) is 0.190. The molecule has 2 aromatic carbocycles. The number of aromatic nitrogens is 5. The van der Waals surface area contributed by atoms with Crippen LogP contribution in [0.25, 0.3) is 16.9 Å². The van der Waals surface area contributed by atoms with Crippen molar-refractivity contribution < 1.29 is 14.3 Å². The monoisotopic (exact) mass is 434 g/mol. The van der Waals surface area contributed by atoms with Crippen molar-refractivity contribution in [1.82, 2.24) is 25.0 Å². The predicted molar refractivity (Wildman–Crippen MR) is 116 cm³/mol. The van der Waals surface area contributed by atoms with Crippen LogP contribution in [0.15, 0.2) is 53.8 Å². The Labute approximate surface area is 181 Å². The summed E-state index contributed by atoms with van der Waals surface area (Å²) in [6.45, 7) is 3.04. The van der Waals surface area contributed by atoms with Crippen LogP contribution in [-0.4, -0.2) is 49.8 Å². The minimum absolute atomic E-state index is 0.165. The maximum Gasteiger partial charge on any atom is 0.234 e. The number of carbonyl (C=O) groups excluding carboxylic acids is 1. The third-order valence-electron chi connectivity index (χ3n) is 4.65. The molecule has 31 heavy (non-hydrogen) atoms. The number of hydrogen-bond acceptors (Lipinski definition) is 8. The number of nitrogens with zero attached hydrogens (tertiary/aromatic N) is 5. The number of carbonyl (C=O) groups is 1. The second-order valence-electron chi connectivity index (χ2n) is 6.88. The zero-order valence-corrected chi connectivity index (χ0v) is 17.4. The van der Waals surface area contributed by atoms with E-state index in [0.29, 0.717) is 46.6 Å². The highest BCUT2D eigenvalue weighted by Gasteiger charge is 2.16. The molecule has 3 heterocycles. The molecule has 0 unspecified atom stereocenters. The number of ether oxygens (including phenoxy) is 2. The maximum atomic E-state index is 12.5. The van der Waals surface area contributed by atoms with Gasteiger partial charge in [0.2, 0.25) is 5.91 Å². The Kier molecular flexibility index (Phi) is 5.13. The molecule has 0 saturated heterocycles. The van der Waals surface area contributed by atoms with E-state index < -0.39 is 0 Å². The van der Waals surface area contributed by atoms with Gasteiger partial charge in [-0.3, -0.25) is 4.79 Å². The summed E-state index contributed by atoms with van der Waals surface area (Å²) in [4.78, 5) is 21.1. The Balaban J connectivity index is 1.29. The predicted octanol–water partition coefficient (Wildman–Crippen LogP) is 3.02. The van der Waals surface area contributed by atoms with E-state index in [0.717, 1.165) is 11.3 Å². The normalized spacial score (nSPS) is 12.7. The van der Waals surface area contributed by atoms with Gasteiger partial charge in [0.05, 0.1) is 11.4 Å². The number of rotatable bonds is 5. The summed E-state index contributed by atoms with van der Waals surface area (Å²) >= 11 is 1.28. The minimum Gasteiger partial charge on any atom is -0.486 e. The molecule has 0 radical (unpaired) electrons. The summed E-state index contributed by atoms with van der Waals surface area (Å²) in [5.74, 6) is 1.30. The molecule has 1 N–H and O–H groups in total. The third-order valence-corrected chi connectivity index (χ3v) is 5.63. The van der Waals surface area contributed by atoms with Gasteiger partial charge in [-0.05, 0) is 31.2 Å². The van der Waals surface area contributed by atoms with Gasteiger partial charge in [0.15, 0.2) is 22.7 Å². The molecule has 4 aromatic rings. The number of benzene rings is 2. The van der Waals surface area contributed by atoms with Gasteiger partial charge in [-0.25, -0.2) is 9.97 Å². The zero-order chi connectivity index (χ0) is 21.2. The van der Waals surface area contributed by atoms with Crippen LogP contribution in [0.2, 0.25) is 0 Å². The fourth-order valence-electron chi connectivity index (χ4n) is 3.15. The second kappa shape index (κ2) is 8.23. The highest BCUT2D eigenvalue weighted by molar-refractivity contribution is 8.00. The first-order valence-corrected chi connectivity index (χ1v) is 10.6. The van der Waals surface area contributed by atoms with Gasteiger partial charge in [0, 0.05) is 11.8 Å². The molecular weight excluding hydrogens is 416 g/mol. The molecule has 0 bridgehead atoms. The Hall–Kier alpha value is -3.66. The molecule has 9 nitrogen and oxygen atoms in total. The quantitative estimate of drug-likeness (QED) is 0.378. The van der Waals surface area contributed by atoms with E-state index in [1.54, 1.807) is 22.9 Å². The molecule has 156 valence electrons. The molecule has 0 atom stereocenters. The molecular formula is C21H18N6O3S. The molecule has 5 rings (SSSR count). The second-order valence-corrected chi connectivity index (χ2v) is 7.85. The average Bonchev–Trinajstić information content (AvgIpc) is 3.23. The van der Waals surface area contributed by atoms with E-state index in [-0.39, 0.29) is 11.7 Å². The first-order chi connectivity index (χ1) is 15.2. The smallest absolute Gasteiger partial charge is 0.234 e. The van der Waals surface area contributed by atoms with Crippen molar-refractivity contribution in [2.75, 3.05) is 24.3 Å². The van der Waals surface area contributed by atoms with Crippen LogP contribution in [-0.2, 0) is 4.79 Å². The molecule has 1 aliphatic rings. The van der Waals surface area contributed by atoms with Crippen molar-refractivity contribution >= 4 is 34.5 Å². The molecule has 10 heteroatoms. The van der Waals surface area contributed by atoms with Crippen LogP contribution < -0.4 is 14.8 Å². The van der Waals surface area contributed by atoms with Gasteiger partial charge in [0.1, 0.15) is 24.6 Å². The molecule has 1 aliphatic heterocycles. The Bertz CT molecular complexity index is 1260. The van der Waals surface area contributed by atoms with E-state index in [4.69, 9.17) is 9.47 Å². The zero-order valence-electron chi connectivity index (χ0n) is 16.6. The van der Waals surface area contributed by atoms with Crippen LogP contribution in [0.1, 0.15) is 5.56 Å². The fourth-order valence-corrected chi connectivity index (χ4v) is 3.88. The average molecular weight is 434 g/mol. The number of nitrogens with one attached hydrogen (secondary N) is 1. The van der Waals surface area contributed by atoms with Crippen LogP contribution in [0, 0.1) is 6.92 Å². The Morgan fingerprint density at radius 1 is 1.10 bits per heavy atom. The van der Waals surface area contributed by atoms with Crippen molar-refractivity contribution in [2.45, 2.75) is 11.9 Å². The lowest BCUT2D eigenvalue weighted by atomic mass is 10.2. The first kappa shape index (κ1) is 19.3. The highest BCUT2D eigenvalue weighted by atomic mass is 32.2. The minimum atomic E-state index is -0.167. The molecule has 0 aliphatic carbocycles. The maximum absolute atomic E-state index is 12.5. The Morgan fingerprint density at radius 3 is 2.74 bits per heavy atom. The standard InChI is InChI=1S/C21H18N6O3S/c1-13-2-5-15(6-3-13)27-20-19(25-26-27)21(23-12-22-20)31-11-18(28)24-14-4-7-16-17(10-14)30-9-8-29-16/h2-7,10,12H,8-9,11H2,1H3,(H,24,28). The SMILES string of the molecule is Cc1ccc(-n2nnc3c(SCC(=O)Nc4ccc5c(c4)OCCO5)ncnc32)cc1. The van der Waals surface area contributed by atoms with Gasteiger partial charge in [-0.1, -0.05) is 34.7 Å². The van der Waals surface area contributed by atoms with Crippen molar-refractivity contribution in [3.8, 4) is 17.2 Å². The Morgan fingerprint density at radius 2 is 1.90 bits per heavy atom. The summed E-state index contributed by atoms with van der Waals surface area (Å²) < 4.78 is 12.7. The number of aryl methyl sites for hydroxylation is 1. The summed E-state index contributed by atoms with van der Waals surface area (Å²) in [7, 11) is 0. The summed E-state index contributed by atoms with van der Waals surface area (Å²) in [6, 6.07) is 13.2. The van der Waals surface area contributed by atoms with E-state index in [1.165, 1.54) is 18.1 Å². The number of anilines is 1. The van der Waals surface area contributed by atoms with Gasteiger partial charge >= 0.3 is 0 Å². The van der Waals surface area contributed by atoms with E-state index in [1.807, 2.05) is 31.2 Å². The number of hydrogen-bond donors (Lipinski definition) is 1. The largest absolute Gasteiger partial charge is 0.486 e. The van der Waals surface area contributed by atoms with E-state index >= 15 is 0 Å². The lowest BCUT2D eigenvalue weighted by Gasteiger charge is -2.18. The molecule has 0 fully saturated rings. The van der Waals surface area contributed by atoms with Gasteiger partial charge in [-0.15, -0.1) is 5.10 Å². The lowest BCUT2D eigenvalue weighted by Crippen LogP contribution is -2.17. The first-order valence-electron chi connectivity index (χ1n) is 9.63. The number of amides is 1.